The van der Waals surface area contributed by atoms with Crippen LogP contribution >= 0.6 is 7.60 Å². The molecule has 0 aliphatic carbocycles. The molecule has 2 aromatic carbocycles. The molecule has 4 heterocycles. The molecule has 1 unspecified atom stereocenters. The summed E-state index contributed by atoms with van der Waals surface area (Å²) in [6, 6.07) is 11.1. The number of H-pyrrole nitrogens is 1. The number of aromatic nitrogens is 1. The first-order chi connectivity index (χ1) is 22.2. The normalized spacial score (nSPS) is 22.4. The number of carbonyl (C=O) groups excluding carboxylic acids is 4. The fourth-order valence-corrected chi connectivity index (χ4v) is 6.93. The minimum Gasteiger partial charge on any atom is -0.487 e. The number of carbonyl (C=O) groups is 4. The Bertz CT molecular complexity index is 1760. The number of likely N-dealkylation sites (tertiary alicyclic amines) is 1. The second-order valence-corrected chi connectivity index (χ2v) is 13.8. The number of para-hydroxylation sites is 1. The molecule has 250 valence electrons. The van der Waals surface area contributed by atoms with Gasteiger partial charge in [-0.3, -0.25) is 23.7 Å². The zero-order chi connectivity index (χ0) is 33.7. The van der Waals surface area contributed by atoms with E-state index in [0.717, 1.165) is 12.1 Å². The van der Waals surface area contributed by atoms with Gasteiger partial charge in [0.25, 0.3) is 5.91 Å². The molecule has 3 aliphatic rings. The highest BCUT2D eigenvalue weighted by Gasteiger charge is 2.51. The average Bonchev–Trinajstić information content (AvgIpc) is 3.62. The third-order valence-electron chi connectivity index (χ3n) is 9.01. The Morgan fingerprint density at radius 2 is 1.72 bits per heavy atom. The summed E-state index contributed by atoms with van der Waals surface area (Å²) in [5, 5.41) is 2.75. The first-order valence-corrected chi connectivity index (χ1v) is 16.8. The number of aromatic amines is 1. The van der Waals surface area contributed by atoms with Crippen LogP contribution in [0.3, 0.4) is 0 Å². The van der Waals surface area contributed by atoms with E-state index in [1.807, 2.05) is 30.3 Å². The van der Waals surface area contributed by atoms with Gasteiger partial charge in [-0.25, -0.2) is 0 Å². The van der Waals surface area contributed by atoms with Crippen molar-refractivity contribution >= 4 is 42.1 Å². The molecule has 47 heavy (non-hydrogen) atoms. The van der Waals surface area contributed by atoms with Crippen LogP contribution in [0.4, 0.5) is 8.78 Å². The van der Waals surface area contributed by atoms with Crippen molar-refractivity contribution < 1.29 is 47.0 Å². The van der Waals surface area contributed by atoms with Crippen molar-refractivity contribution in [3.63, 3.8) is 0 Å². The number of benzene rings is 2. The standard InChI is InChI=1S/C31H34F2N5O8P/c1-18(39)36-12-11-21-8-10-27(30(42)37-15-23(16-37)46-22-5-3-2-4-6-22)38(21)29(41)26(17-36)35-28(40)25-14-19-13-20(7-9-24(19)34-25)31(32,33)47(43,44)45/h2-7,9,13-14,21,23,26-27,34H,8,10-12,15-17H2,1H3,(H,35,40)(H2,43,44,45)/t21-,26?,27+/m1/s1. The second kappa shape index (κ2) is 12.4. The van der Waals surface area contributed by atoms with Crippen molar-refractivity contribution in [1.29, 1.82) is 0 Å². The van der Waals surface area contributed by atoms with Crippen LogP contribution in [0, 0.1) is 0 Å². The van der Waals surface area contributed by atoms with Crippen molar-refractivity contribution in [1.82, 2.24) is 25.0 Å². The molecule has 13 nitrogen and oxygen atoms in total. The molecule has 0 radical (unpaired) electrons. The average molecular weight is 674 g/mol. The monoisotopic (exact) mass is 673 g/mol. The molecule has 4 amide bonds. The Labute approximate surface area is 268 Å². The first-order valence-electron chi connectivity index (χ1n) is 15.2. The van der Waals surface area contributed by atoms with Crippen LogP contribution in [0.15, 0.2) is 54.6 Å². The smallest absolute Gasteiger partial charge is 0.399 e. The Kier molecular flexibility index (Phi) is 8.58. The molecule has 4 N–H and O–H groups in total. The highest BCUT2D eigenvalue weighted by molar-refractivity contribution is 7.52. The van der Waals surface area contributed by atoms with Crippen molar-refractivity contribution in [2.75, 3.05) is 26.2 Å². The molecule has 3 aliphatic heterocycles. The van der Waals surface area contributed by atoms with Crippen LogP contribution in [0.25, 0.3) is 10.9 Å². The van der Waals surface area contributed by atoms with E-state index in [1.165, 1.54) is 28.9 Å². The van der Waals surface area contributed by atoms with E-state index in [2.05, 4.69) is 10.3 Å². The van der Waals surface area contributed by atoms with Crippen molar-refractivity contribution in [3.05, 3.63) is 65.9 Å². The van der Waals surface area contributed by atoms with E-state index in [4.69, 9.17) is 14.5 Å². The zero-order valence-corrected chi connectivity index (χ0v) is 26.2. The van der Waals surface area contributed by atoms with Gasteiger partial charge in [-0.2, -0.15) is 8.78 Å². The summed E-state index contributed by atoms with van der Waals surface area (Å²) in [5.41, 5.74) is -5.22. The van der Waals surface area contributed by atoms with E-state index < -0.39 is 42.7 Å². The summed E-state index contributed by atoms with van der Waals surface area (Å²) in [6.45, 7) is 2.29. The van der Waals surface area contributed by atoms with Crippen LogP contribution in [-0.4, -0.2) is 104 Å². The fourth-order valence-electron chi connectivity index (χ4n) is 6.45. The quantitative estimate of drug-likeness (QED) is 0.277. The Morgan fingerprint density at radius 1 is 1.00 bits per heavy atom. The number of ether oxygens (including phenoxy) is 1. The largest absolute Gasteiger partial charge is 0.487 e. The molecule has 3 aromatic rings. The highest BCUT2D eigenvalue weighted by Crippen LogP contribution is 2.59. The van der Waals surface area contributed by atoms with Crippen molar-refractivity contribution in [2.24, 2.45) is 0 Å². The molecule has 3 saturated heterocycles. The molecule has 0 bridgehead atoms. The van der Waals surface area contributed by atoms with Gasteiger partial charge < -0.3 is 39.5 Å². The van der Waals surface area contributed by atoms with Gasteiger partial charge in [-0.05, 0) is 49.6 Å². The van der Waals surface area contributed by atoms with Crippen LogP contribution in [0.5, 0.6) is 5.75 Å². The molecular weight excluding hydrogens is 639 g/mol. The number of nitrogens with zero attached hydrogens (tertiary/aromatic N) is 3. The summed E-state index contributed by atoms with van der Waals surface area (Å²) >= 11 is 0. The molecule has 0 spiro atoms. The number of amides is 4. The van der Waals surface area contributed by atoms with E-state index in [1.54, 1.807) is 4.90 Å². The lowest BCUT2D eigenvalue weighted by molar-refractivity contribution is -0.153. The summed E-state index contributed by atoms with van der Waals surface area (Å²) in [6.07, 6.45) is 1.28. The minimum absolute atomic E-state index is 0.0875. The van der Waals surface area contributed by atoms with Gasteiger partial charge in [-0.1, -0.05) is 24.3 Å². The number of nitrogens with one attached hydrogen (secondary N) is 2. The fraction of sp³-hybridized carbons (Fsp3) is 0.419. The molecule has 3 atom stereocenters. The number of halogens is 2. The molecular formula is C31H34F2N5O8P. The Hall–Kier alpha value is -4.33. The summed E-state index contributed by atoms with van der Waals surface area (Å²) < 4.78 is 45.9. The summed E-state index contributed by atoms with van der Waals surface area (Å²) in [4.78, 5) is 79.2. The van der Waals surface area contributed by atoms with Gasteiger partial charge in [0.05, 0.1) is 13.1 Å². The molecule has 16 heteroatoms. The zero-order valence-electron chi connectivity index (χ0n) is 25.3. The van der Waals surface area contributed by atoms with Crippen LogP contribution in [0.2, 0.25) is 0 Å². The number of alkyl halides is 2. The first kappa shape index (κ1) is 32.6. The minimum atomic E-state index is -5.81. The number of hydrogen-bond donors (Lipinski definition) is 4. The SMILES string of the molecule is CC(=O)N1CC[C@H]2CC[C@@H](C(=O)N3CC(Oc4ccccc4)C3)N2C(=O)C(NC(=O)c2cc3cc(C(F)(F)P(=O)(O)O)ccc3[nH]2)C1. The van der Waals surface area contributed by atoms with Gasteiger partial charge in [-0.15, -0.1) is 0 Å². The van der Waals surface area contributed by atoms with Crippen LogP contribution in [0.1, 0.15) is 42.2 Å². The van der Waals surface area contributed by atoms with Gasteiger partial charge >= 0.3 is 13.3 Å². The maximum Gasteiger partial charge on any atom is 0.399 e. The van der Waals surface area contributed by atoms with E-state index in [-0.39, 0.29) is 47.1 Å². The molecule has 1 aromatic heterocycles. The second-order valence-electron chi connectivity index (χ2n) is 12.1. The topological polar surface area (TPSA) is 173 Å². The van der Waals surface area contributed by atoms with Crippen molar-refractivity contribution in [3.8, 4) is 5.75 Å². The number of fused-ring (bicyclic) bond motifs is 2. The summed E-state index contributed by atoms with van der Waals surface area (Å²) in [7, 11) is -5.81. The summed E-state index contributed by atoms with van der Waals surface area (Å²) in [5.74, 6) is -1.07. The highest BCUT2D eigenvalue weighted by atomic mass is 31.2. The Balaban J connectivity index is 1.19. The van der Waals surface area contributed by atoms with Gasteiger partial charge in [0, 0.05) is 42.5 Å². The Morgan fingerprint density at radius 3 is 2.40 bits per heavy atom. The third kappa shape index (κ3) is 6.34. The van der Waals surface area contributed by atoms with E-state index in [0.29, 0.717) is 44.6 Å². The predicted octanol–water partition coefficient (Wildman–Crippen LogP) is 2.39. The van der Waals surface area contributed by atoms with Gasteiger partial charge in [0.15, 0.2) is 0 Å². The molecule has 0 saturated carbocycles. The lowest BCUT2D eigenvalue weighted by Gasteiger charge is -2.43. The van der Waals surface area contributed by atoms with E-state index >= 15 is 0 Å². The maximum absolute atomic E-state index is 14.3. The molecule has 6 rings (SSSR count). The van der Waals surface area contributed by atoms with Crippen LogP contribution in [-0.2, 0) is 24.6 Å². The predicted molar refractivity (Wildman–Crippen MR) is 163 cm³/mol. The maximum atomic E-state index is 14.3. The molecule has 3 fully saturated rings. The third-order valence-corrected chi connectivity index (χ3v) is 10.0. The van der Waals surface area contributed by atoms with Crippen molar-refractivity contribution in [2.45, 2.75) is 56.1 Å². The van der Waals surface area contributed by atoms with Crippen LogP contribution < -0.4 is 10.1 Å². The van der Waals surface area contributed by atoms with E-state index in [9.17, 15) is 32.5 Å². The van der Waals surface area contributed by atoms with Gasteiger partial charge in [0.2, 0.25) is 17.7 Å². The lowest BCUT2D eigenvalue weighted by atomic mass is 10.1. The lowest BCUT2D eigenvalue weighted by Crippen LogP contribution is -2.64. The van der Waals surface area contributed by atoms with Gasteiger partial charge in [0.1, 0.15) is 29.6 Å². The number of hydrogen-bond acceptors (Lipinski definition) is 6. The number of rotatable bonds is 7.